The minimum Gasteiger partial charge on any atom is -0.494 e. The summed E-state index contributed by atoms with van der Waals surface area (Å²) in [6, 6.07) is 12.4. The fourth-order valence-corrected chi connectivity index (χ4v) is 2.80. The van der Waals surface area contributed by atoms with Gasteiger partial charge in [0.1, 0.15) is 11.8 Å². The number of hydrogen-bond donors (Lipinski definition) is 0. The number of carbonyl (C=O) groups excluding carboxylic acids is 3. The molecule has 0 fully saturated rings. The largest absolute Gasteiger partial charge is 0.494 e. The summed E-state index contributed by atoms with van der Waals surface area (Å²) < 4.78 is 5.35. The van der Waals surface area contributed by atoms with Crippen LogP contribution in [0.4, 0.5) is 0 Å². The van der Waals surface area contributed by atoms with Gasteiger partial charge >= 0.3 is 0 Å². The normalized spacial score (nSPS) is 14.5. The molecule has 24 heavy (non-hydrogen) atoms. The molecule has 1 atom stereocenters. The summed E-state index contributed by atoms with van der Waals surface area (Å²) in [6.45, 7) is 3.99. The van der Waals surface area contributed by atoms with Crippen LogP contribution in [0, 0.1) is 0 Å². The van der Waals surface area contributed by atoms with E-state index >= 15 is 0 Å². The molecule has 3 rings (SSSR count). The summed E-state index contributed by atoms with van der Waals surface area (Å²) in [4.78, 5) is 38.6. The molecule has 0 N–H and O–H groups in total. The molecule has 0 aliphatic carbocycles. The molecular formula is C19H17NO4. The van der Waals surface area contributed by atoms with Gasteiger partial charge in [-0.25, -0.2) is 0 Å². The number of fused-ring (bicyclic) bond motifs is 1. The van der Waals surface area contributed by atoms with Crippen LogP contribution in [0.25, 0.3) is 0 Å². The zero-order chi connectivity index (χ0) is 17.3. The lowest BCUT2D eigenvalue weighted by Gasteiger charge is -2.21. The van der Waals surface area contributed by atoms with Crippen molar-refractivity contribution in [3.63, 3.8) is 0 Å². The maximum atomic E-state index is 12.7. The minimum atomic E-state index is -0.865. The molecule has 122 valence electrons. The van der Waals surface area contributed by atoms with E-state index in [9.17, 15) is 14.4 Å². The van der Waals surface area contributed by atoms with Crippen LogP contribution in [0.5, 0.6) is 5.75 Å². The van der Waals surface area contributed by atoms with Crippen LogP contribution in [0.15, 0.2) is 48.5 Å². The lowest BCUT2D eigenvalue weighted by molar-refractivity contribution is 0.0555. The van der Waals surface area contributed by atoms with Gasteiger partial charge in [0.25, 0.3) is 11.8 Å². The Bertz CT molecular complexity index is 775. The van der Waals surface area contributed by atoms with Crippen molar-refractivity contribution in [1.82, 2.24) is 4.90 Å². The van der Waals surface area contributed by atoms with E-state index in [0.29, 0.717) is 29.0 Å². The predicted octanol–water partition coefficient (Wildman–Crippen LogP) is 2.95. The Morgan fingerprint density at radius 3 is 2.04 bits per heavy atom. The lowest BCUT2D eigenvalue weighted by Crippen LogP contribution is -2.42. The van der Waals surface area contributed by atoms with Gasteiger partial charge in [0, 0.05) is 5.56 Å². The van der Waals surface area contributed by atoms with Gasteiger partial charge in [0.15, 0.2) is 5.78 Å². The maximum Gasteiger partial charge on any atom is 0.262 e. The third-order valence-electron chi connectivity index (χ3n) is 4.04. The Balaban J connectivity index is 1.84. The highest BCUT2D eigenvalue weighted by molar-refractivity contribution is 6.23. The molecule has 0 aromatic heterocycles. The average molecular weight is 323 g/mol. The molecule has 0 radical (unpaired) electrons. The van der Waals surface area contributed by atoms with Crippen LogP contribution >= 0.6 is 0 Å². The predicted molar refractivity (Wildman–Crippen MR) is 88.3 cm³/mol. The fraction of sp³-hybridized carbons (Fsp3) is 0.211. The number of ketones is 1. The first-order chi connectivity index (χ1) is 11.5. The van der Waals surface area contributed by atoms with Crippen molar-refractivity contribution in [2.45, 2.75) is 19.9 Å². The number of hydrogen-bond acceptors (Lipinski definition) is 4. The summed E-state index contributed by atoms with van der Waals surface area (Å²) in [5.74, 6) is -0.472. The number of amides is 2. The van der Waals surface area contributed by atoms with E-state index in [1.165, 1.54) is 0 Å². The molecule has 2 aromatic rings. The first-order valence-corrected chi connectivity index (χ1v) is 7.78. The minimum absolute atomic E-state index is 0.285. The van der Waals surface area contributed by atoms with E-state index in [1.807, 2.05) is 6.92 Å². The zero-order valence-corrected chi connectivity index (χ0v) is 13.5. The van der Waals surface area contributed by atoms with Gasteiger partial charge in [-0.1, -0.05) is 12.1 Å². The van der Waals surface area contributed by atoms with Crippen LogP contribution in [0.1, 0.15) is 44.9 Å². The third kappa shape index (κ3) is 2.58. The van der Waals surface area contributed by atoms with Gasteiger partial charge in [0.2, 0.25) is 0 Å². The quantitative estimate of drug-likeness (QED) is 0.627. The van der Waals surface area contributed by atoms with Gasteiger partial charge in [0.05, 0.1) is 17.7 Å². The summed E-state index contributed by atoms with van der Waals surface area (Å²) in [5, 5.41) is 0. The molecule has 2 amide bonds. The van der Waals surface area contributed by atoms with Crippen LogP contribution in [-0.2, 0) is 0 Å². The standard InChI is InChI=1S/C19H17NO4/c1-3-24-14-10-8-13(9-11-14)17(21)12(2)20-18(22)15-6-4-5-7-16(15)19(20)23/h4-12H,3H2,1-2H3/t12-/m0/s1. The van der Waals surface area contributed by atoms with Crippen LogP contribution in [0.2, 0.25) is 0 Å². The third-order valence-corrected chi connectivity index (χ3v) is 4.04. The fourth-order valence-electron chi connectivity index (χ4n) is 2.80. The van der Waals surface area contributed by atoms with E-state index in [1.54, 1.807) is 55.5 Å². The second-order valence-electron chi connectivity index (χ2n) is 5.52. The van der Waals surface area contributed by atoms with Crippen LogP contribution < -0.4 is 4.74 Å². The number of rotatable bonds is 5. The number of imide groups is 1. The number of ether oxygens (including phenoxy) is 1. The summed E-state index contributed by atoms with van der Waals surface area (Å²) in [7, 11) is 0. The average Bonchev–Trinajstić information content (AvgIpc) is 2.86. The molecule has 1 aliphatic heterocycles. The van der Waals surface area contributed by atoms with E-state index in [2.05, 4.69) is 0 Å². The summed E-state index contributed by atoms with van der Waals surface area (Å²) >= 11 is 0. The van der Waals surface area contributed by atoms with E-state index < -0.39 is 17.9 Å². The topological polar surface area (TPSA) is 63.7 Å². The molecule has 5 nitrogen and oxygen atoms in total. The van der Waals surface area contributed by atoms with Gasteiger partial charge in [-0.05, 0) is 50.2 Å². The molecule has 0 unspecified atom stereocenters. The molecule has 1 heterocycles. The molecule has 1 aliphatic rings. The van der Waals surface area contributed by atoms with E-state index in [4.69, 9.17) is 4.74 Å². The highest BCUT2D eigenvalue weighted by Crippen LogP contribution is 2.26. The lowest BCUT2D eigenvalue weighted by atomic mass is 10.0. The smallest absolute Gasteiger partial charge is 0.262 e. The number of Topliss-reactive ketones (excluding diaryl/α,β-unsaturated/α-hetero) is 1. The summed E-state index contributed by atoms with van der Waals surface area (Å²) in [6.07, 6.45) is 0. The van der Waals surface area contributed by atoms with Crippen molar-refractivity contribution in [3.05, 3.63) is 65.2 Å². The molecule has 0 spiro atoms. The maximum absolute atomic E-state index is 12.7. The molecule has 0 saturated heterocycles. The van der Waals surface area contributed by atoms with Crippen LogP contribution in [0.3, 0.4) is 0 Å². The number of carbonyl (C=O) groups is 3. The van der Waals surface area contributed by atoms with Gasteiger partial charge in [-0.3, -0.25) is 19.3 Å². The highest BCUT2D eigenvalue weighted by atomic mass is 16.5. The van der Waals surface area contributed by atoms with Crippen molar-refractivity contribution in [2.75, 3.05) is 6.61 Å². The van der Waals surface area contributed by atoms with Gasteiger partial charge in [-0.2, -0.15) is 0 Å². The molecule has 2 aromatic carbocycles. The summed E-state index contributed by atoms with van der Waals surface area (Å²) in [5.41, 5.74) is 1.12. The zero-order valence-electron chi connectivity index (χ0n) is 13.5. The Hall–Kier alpha value is -2.95. The van der Waals surface area contributed by atoms with Crippen molar-refractivity contribution < 1.29 is 19.1 Å². The van der Waals surface area contributed by atoms with Gasteiger partial charge in [-0.15, -0.1) is 0 Å². The second-order valence-corrected chi connectivity index (χ2v) is 5.52. The van der Waals surface area contributed by atoms with E-state index in [-0.39, 0.29) is 5.78 Å². The first-order valence-electron chi connectivity index (χ1n) is 7.78. The Morgan fingerprint density at radius 1 is 1.00 bits per heavy atom. The van der Waals surface area contributed by atoms with Crippen molar-refractivity contribution >= 4 is 17.6 Å². The SMILES string of the molecule is CCOc1ccc(C(=O)[C@H](C)N2C(=O)c3ccccc3C2=O)cc1. The van der Waals surface area contributed by atoms with E-state index in [0.717, 1.165) is 4.90 Å². The van der Waals surface area contributed by atoms with Crippen molar-refractivity contribution in [1.29, 1.82) is 0 Å². The number of nitrogens with zero attached hydrogens (tertiary/aromatic N) is 1. The van der Waals surface area contributed by atoms with Crippen molar-refractivity contribution in [2.24, 2.45) is 0 Å². The second kappa shape index (κ2) is 6.28. The Kier molecular flexibility index (Phi) is 4.16. The molecule has 0 bridgehead atoms. The molecule has 0 saturated carbocycles. The highest BCUT2D eigenvalue weighted by Gasteiger charge is 2.40. The van der Waals surface area contributed by atoms with Crippen molar-refractivity contribution in [3.8, 4) is 5.75 Å². The first kappa shape index (κ1) is 15.9. The Labute approximate surface area is 139 Å². The Morgan fingerprint density at radius 2 is 1.54 bits per heavy atom. The monoisotopic (exact) mass is 323 g/mol. The van der Waals surface area contributed by atoms with Gasteiger partial charge < -0.3 is 4.74 Å². The number of benzene rings is 2. The molecule has 5 heteroatoms. The van der Waals surface area contributed by atoms with Crippen LogP contribution in [-0.4, -0.2) is 35.1 Å². The molecular weight excluding hydrogens is 306 g/mol.